The molecule has 0 amide bonds. The van der Waals surface area contributed by atoms with Crippen molar-refractivity contribution in [3.05, 3.63) is 353 Å². The van der Waals surface area contributed by atoms with Crippen LogP contribution in [0.2, 0.25) is 0 Å². The second-order valence-corrected chi connectivity index (χ2v) is 33.7. The minimum absolute atomic E-state index is 0.806. The van der Waals surface area contributed by atoms with Crippen molar-refractivity contribution in [3.63, 3.8) is 0 Å². The molecule has 0 unspecified atom stereocenters. The minimum atomic E-state index is -1.38. The Kier molecular flexibility index (Phi) is 30.1. The van der Waals surface area contributed by atoms with Crippen LogP contribution >= 0.6 is 0 Å². The van der Waals surface area contributed by atoms with Gasteiger partial charge in [0.05, 0.1) is 0 Å². The molecule has 5 heterocycles. The van der Waals surface area contributed by atoms with E-state index in [0.717, 1.165) is 147 Å². The zero-order valence-electron chi connectivity index (χ0n) is 65.1. The number of para-hydroxylation sites is 6. The Hall–Kier alpha value is -10.3. The summed E-state index contributed by atoms with van der Waals surface area (Å²) < 4.78 is 58.6. The third-order valence-electron chi connectivity index (χ3n) is 17.9. The van der Waals surface area contributed by atoms with Gasteiger partial charge in [-0.3, -0.25) is 0 Å². The molecule has 15 nitrogen and oxygen atoms in total. The van der Waals surface area contributed by atoms with Gasteiger partial charge >= 0.3 is 710 Å². The summed E-state index contributed by atoms with van der Waals surface area (Å²) in [5, 5.41) is 5.64. The van der Waals surface area contributed by atoms with Crippen LogP contribution in [0.5, 0.6) is 57.5 Å². The summed E-state index contributed by atoms with van der Waals surface area (Å²) >= 11 is -6.61. The molecule has 555 valence electrons. The van der Waals surface area contributed by atoms with Crippen LogP contribution in [0.3, 0.4) is 0 Å². The number of hydrogen-bond acceptors (Lipinski definition) is 15. The van der Waals surface area contributed by atoms with Gasteiger partial charge in [0.25, 0.3) is 0 Å². The Morgan fingerprint density at radius 1 is 0.248 bits per heavy atom. The Labute approximate surface area is 703 Å². The first-order valence-corrected chi connectivity index (χ1v) is 47.0. The molecule has 0 atom stereocenters. The normalized spacial score (nSPS) is 10.5. The Bertz CT molecular complexity index is 5810. The van der Waals surface area contributed by atoms with E-state index in [1.807, 2.05) is 227 Å². The Morgan fingerprint density at radius 3 is 0.956 bits per heavy atom. The summed E-state index contributed by atoms with van der Waals surface area (Å²) in [4.78, 5) is 23.0. The van der Waals surface area contributed by atoms with Crippen molar-refractivity contribution >= 4 is 145 Å². The van der Waals surface area contributed by atoms with E-state index in [9.17, 15) is 0 Å². The second-order valence-electron chi connectivity index (χ2n) is 26.8. The molecule has 5 aromatic heterocycles. The van der Waals surface area contributed by atoms with Crippen LogP contribution in [0.25, 0.3) is 65.6 Å². The van der Waals surface area contributed by atoms with E-state index in [-0.39, 0.29) is 0 Å². The summed E-state index contributed by atoms with van der Waals surface area (Å²) in [5.74, 6) is 8.38. The fourth-order valence-electron chi connectivity index (χ4n) is 12.3. The van der Waals surface area contributed by atoms with Crippen molar-refractivity contribution in [2.45, 2.75) is 82.6 Å². The average Bonchev–Trinajstić information content (AvgIpc) is 0.782. The van der Waals surface area contributed by atoms with Crippen LogP contribution in [-0.2, 0) is 6.42 Å². The zero-order chi connectivity index (χ0) is 78.8. The van der Waals surface area contributed by atoms with Gasteiger partial charge in [-0.05, 0) is 0 Å². The number of hydrogen-bond donors (Lipinski definition) is 0. The van der Waals surface area contributed by atoms with Gasteiger partial charge < -0.3 is 0 Å². The van der Waals surface area contributed by atoms with Gasteiger partial charge in [-0.15, -0.1) is 0 Å². The van der Waals surface area contributed by atoms with Crippen molar-refractivity contribution < 1.29 is 35.3 Å². The number of aryl methyl sites for hydroxylation is 11. The maximum absolute atomic E-state index is 6.02. The van der Waals surface area contributed by atoms with E-state index in [4.69, 9.17) is 40.3 Å². The predicted octanol–water partition coefficient (Wildman–Crippen LogP) is 21.4. The van der Waals surface area contributed by atoms with Crippen LogP contribution in [0.4, 0.5) is 0 Å². The number of rotatable bonds is 22. The molecule has 16 aromatic rings. The first-order valence-electron chi connectivity index (χ1n) is 37.1. The summed E-state index contributed by atoms with van der Waals surface area (Å²) in [7, 11) is 0. The average molecular weight is 1780 g/mol. The Balaban J connectivity index is 0.000000131. The van der Waals surface area contributed by atoms with Crippen LogP contribution < -0.4 is 35.3 Å². The molecule has 0 N–H and O–H groups in total. The molecule has 11 aromatic carbocycles. The van der Waals surface area contributed by atoms with Crippen molar-refractivity contribution in [1.29, 1.82) is 0 Å². The second kappa shape index (κ2) is 41.4. The number of fused-ring (bicyclic) bond motifs is 5. The van der Waals surface area contributed by atoms with Crippen molar-refractivity contribution in [1.82, 2.24) is 24.9 Å². The summed E-state index contributed by atoms with van der Waals surface area (Å²) in [6.07, 6.45) is 2.70. The molecular weight excluding hydrogens is 1700 g/mol. The van der Waals surface area contributed by atoms with Gasteiger partial charge in [-0.1, -0.05) is 0 Å². The Morgan fingerprint density at radius 2 is 0.575 bits per heavy atom. The van der Waals surface area contributed by atoms with Gasteiger partial charge in [-0.25, -0.2) is 0 Å². The molecule has 20 heteroatoms. The standard InChI is InChI=1S/C12H13NO.C12H10O.3C11H11NO.C10H9NO.2C7H8O.2C6H6O.5Ga/c1-3-9-7-8(2)10-5-4-6-11(14)12(10)13-9;13-12-8-6-11(7-9-12)10-4-2-1-3-5-10;3*1-7-6-8(2)12-11-9(7)4-3-5-10(11)13;1-7-5-8-3-2-4-11-10(8)9(12)6-7;2*1-6-2-4-7(8)5-3-6;2*7-6-4-2-1-3-5-6;;;;;/h4-7,14H,3H2,1-2H3;1-9,13H;3*3-6,13H,1-2H3;2-6,12H,1H3;2*2-5,8H,1H3;2*1-5,7H;;;;;/q;;;;;;;;;;5*+2/p-10. The van der Waals surface area contributed by atoms with Crippen molar-refractivity contribution in [2.24, 2.45) is 0 Å². The molecule has 0 aliphatic rings. The molecule has 5 radical (unpaired) electrons. The molecule has 0 aliphatic heterocycles. The number of benzene rings is 11. The summed E-state index contributed by atoms with van der Waals surface area (Å²) in [6, 6.07) is 94.8. The van der Waals surface area contributed by atoms with Gasteiger partial charge in [0.15, 0.2) is 0 Å². The third kappa shape index (κ3) is 23.6. The van der Waals surface area contributed by atoms with Gasteiger partial charge in [0.1, 0.15) is 0 Å². The van der Waals surface area contributed by atoms with Crippen molar-refractivity contribution in [3.8, 4) is 68.6 Å². The fraction of sp³-hybridized carbons (Fsp3) is 0.129. The third-order valence-corrected chi connectivity index (χ3v) is 25.5. The summed E-state index contributed by atoms with van der Waals surface area (Å²) in [5.41, 5.74) is 19.6. The number of aromatic nitrogens is 5. The van der Waals surface area contributed by atoms with E-state index in [1.54, 1.807) is 6.20 Å². The predicted molar refractivity (Wildman–Crippen MR) is 458 cm³/mol. The fourth-order valence-corrected chi connectivity index (χ4v) is 18.7. The quantitative estimate of drug-likeness (QED) is 0.0590. The molecule has 0 saturated carbocycles. The van der Waals surface area contributed by atoms with Crippen LogP contribution in [-0.4, -0.2) is 116 Å². The molecule has 113 heavy (non-hydrogen) atoms. The van der Waals surface area contributed by atoms with E-state index in [2.05, 4.69) is 154 Å². The number of nitrogens with zero attached hydrogens (tertiary/aromatic N) is 5. The van der Waals surface area contributed by atoms with Crippen molar-refractivity contribution in [2.75, 3.05) is 0 Å². The van der Waals surface area contributed by atoms with E-state index >= 15 is 0 Å². The zero-order valence-corrected chi connectivity index (χ0v) is 77.2. The number of pyridine rings is 5. The molecule has 0 spiro atoms. The van der Waals surface area contributed by atoms with E-state index in [1.165, 1.54) is 44.5 Å². The van der Waals surface area contributed by atoms with E-state index in [0.29, 0.717) is 0 Å². The maximum atomic E-state index is 6.02. The van der Waals surface area contributed by atoms with E-state index < -0.39 is 90.7 Å². The topological polar surface area (TPSA) is 157 Å². The first kappa shape index (κ1) is 82.1. The SMILES string of the molecule is CCc1cc(C)c2cccc([O][Ga][O]c3ccc(C)cc3)c2n1.Cc1cc(C)c2cccc([O][Ga][O]c3ccc(-c4ccccc4)cc3)c2n1.Cc1cc(C)c2cccc([O][Ga][O]c3ccccc3)c2n1.Cc1cc([O][Ga][O]c2ccccc2)c2ncccc2c1.Cc1ccc([O][Ga][O]c2cccc3c(C)cc(C)nc23)cc1. The molecule has 16 rings (SSSR count). The van der Waals surface area contributed by atoms with Crippen LogP contribution in [0.15, 0.2) is 291 Å². The molecule has 0 bridgehead atoms. The van der Waals surface area contributed by atoms with Gasteiger partial charge in [0, 0.05) is 0 Å². The molecular formula is C93H83Ga5N5O10. The van der Waals surface area contributed by atoms with Crippen LogP contribution in [0.1, 0.15) is 68.6 Å². The molecule has 0 fully saturated rings. The van der Waals surface area contributed by atoms with Crippen LogP contribution in [0, 0.1) is 69.2 Å². The monoisotopic (exact) mass is 1770 g/mol. The van der Waals surface area contributed by atoms with Gasteiger partial charge in [-0.2, -0.15) is 0 Å². The first-order chi connectivity index (χ1) is 55.1. The molecule has 0 aliphatic carbocycles. The summed E-state index contributed by atoms with van der Waals surface area (Å²) in [6.45, 7) is 22.7. The van der Waals surface area contributed by atoms with Gasteiger partial charge in [0.2, 0.25) is 0 Å². The molecule has 0 saturated heterocycles.